The standard InChI is InChI=1S/C11H8ClFN2O2/c1-17-11(16)10-14-5-9(15-10)6-2-3-8(13)7(12)4-6/h2-5H,1H3,(H,14,15). The molecule has 1 heterocycles. The maximum atomic E-state index is 13.0. The Labute approximate surface area is 101 Å². The summed E-state index contributed by atoms with van der Waals surface area (Å²) in [6.45, 7) is 0. The first-order chi connectivity index (χ1) is 8.11. The summed E-state index contributed by atoms with van der Waals surface area (Å²) in [5.74, 6) is -0.976. The van der Waals surface area contributed by atoms with Crippen molar-refractivity contribution < 1.29 is 13.9 Å². The highest BCUT2D eigenvalue weighted by Crippen LogP contribution is 2.23. The van der Waals surface area contributed by atoms with Crippen LogP contribution in [0.1, 0.15) is 10.6 Å². The van der Waals surface area contributed by atoms with E-state index in [4.69, 9.17) is 11.6 Å². The van der Waals surface area contributed by atoms with Crippen molar-refractivity contribution in [1.82, 2.24) is 9.97 Å². The van der Waals surface area contributed by atoms with E-state index in [2.05, 4.69) is 14.7 Å². The zero-order chi connectivity index (χ0) is 12.4. The first-order valence-electron chi connectivity index (χ1n) is 4.70. The lowest BCUT2D eigenvalue weighted by Crippen LogP contribution is -2.03. The highest BCUT2D eigenvalue weighted by Gasteiger charge is 2.11. The topological polar surface area (TPSA) is 55.0 Å². The minimum atomic E-state index is -0.565. The van der Waals surface area contributed by atoms with Crippen molar-refractivity contribution in [3.05, 3.63) is 41.1 Å². The molecule has 0 amide bonds. The third kappa shape index (κ3) is 2.29. The van der Waals surface area contributed by atoms with Crippen molar-refractivity contribution in [2.75, 3.05) is 7.11 Å². The normalized spacial score (nSPS) is 10.3. The number of aromatic nitrogens is 2. The lowest BCUT2D eigenvalue weighted by Gasteiger charge is -1.99. The minimum absolute atomic E-state index is 0.0109. The molecule has 0 atom stereocenters. The van der Waals surface area contributed by atoms with Crippen LogP contribution in [0.3, 0.4) is 0 Å². The van der Waals surface area contributed by atoms with Gasteiger partial charge >= 0.3 is 5.97 Å². The SMILES string of the molecule is COC(=O)c1ncc(-c2ccc(F)c(Cl)c2)[nH]1. The number of hydrogen-bond donors (Lipinski definition) is 1. The fraction of sp³-hybridized carbons (Fsp3) is 0.0909. The van der Waals surface area contributed by atoms with Crippen LogP contribution in [-0.4, -0.2) is 23.0 Å². The number of carbonyl (C=O) groups is 1. The summed E-state index contributed by atoms with van der Waals surface area (Å²) in [4.78, 5) is 17.8. The number of halogens is 2. The molecule has 0 radical (unpaired) electrons. The second-order valence-corrected chi connectivity index (χ2v) is 3.67. The van der Waals surface area contributed by atoms with Gasteiger partial charge in [0, 0.05) is 5.56 Å². The lowest BCUT2D eigenvalue weighted by molar-refractivity contribution is 0.0588. The van der Waals surface area contributed by atoms with Gasteiger partial charge in [-0.2, -0.15) is 0 Å². The number of carbonyl (C=O) groups excluding carboxylic acids is 1. The Morgan fingerprint density at radius 3 is 2.94 bits per heavy atom. The quantitative estimate of drug-likeness (QED) is 0.839. The largest absolute Gasteiger partial charge is 0.463 e. The number of methoxy groups -OCH3 is 1. The summed E-state index contributed by atoms with van der Waals surface area (Å²) in [5, 5.41) is 0.0109. The summed E-state index contributed by atoms with van der Waals surface area (Å²) >= 11 is 5.66. The average Bonchev–Trinajstić information content (AvgIpc) is 2.81. The predicted octanol–water partition coefficient (Wildman–Crippen LogP) is 2.66. The second kappa shape index (κ2) is 4.55. The molecule has 4 nitrogen and oxygen atoms in total. The first-order valence-corrected chi connectivity index (χ1v) is 5.08. The Bertz CT molecular complexity index is 568. The molecule has 0 aliphatic rings. The number of nitrogens with one attached hydrogen (secondary N) is 1. The van der Waals surface area contributed by atoms with Crippen LogP contribution in [0.2, 0.25) is 5.02 Å². The molecule has 0 bridgehead atoms. The average molecular weight is 255 g/mol. The third-order valence-electron chi connectivity index (χ3n) is 2.19. The molecule has 6 heteroatoms. The Balaban J connectivity index is 2.37. The Morgan fingerprint density at radius 2 is 2.29 bits per heavy atom. The van der Waals surface area contributed by atoms with Crippen molar-refractivity contribution in [3.63, 3.8) is 0 Å². The van der Waals surface area contributed by atoms with E-state index in [9.17, 15) is 9.18 Å². The summed E-state index contributed by atoms with van der Waals surface area (Å²) in [6.07, 6.45) is 1.45. The smallest absolute Gasteiger partial charge is 0.374 e. The number of rotatable bonds is 2. The van der Waals surface area contributed by atoms with E-state index in [0.29, 0.717) is 11.3 Å². The molecule has 1 aromatic carbocycles. The molecule has 2 aromatic rings. The van der Waals surface area contributed by atoms with Gasteiger partial charge in [0.25, 0.3) is 0 Å². The van der Waals surface area contributed by atoms with Gasteiger partial charge in [-0.1, -0.05) is 11.6 Å². The van der Waals surface area contributed by atoms with Crippen LogP contribution in [-0.2, 0) is 4.74 Å². The van der Waals surface area contributed by atoms with E-state index in [1.165, 1.54) is 31.5 Å². The van der Waals surface area contributed by atoms with E-state index in [1.807, 2.05) is 0 Å². The van der Waals surface area contributed by atoms with Crippen molar-refractivity contribution >= 4 is 17.6 Å². The fourth-order valence-electron chi connectivity index (χ4n) is 1.33. The van der Waals surface area contributed by atoms with E-state index < -0.39 is 11.8 Å². The number of ether oxygens (including phenoxy) is 1. The first kappa shape index (κ1) is 11.6. The molecule has 88 valence electrons. The number of H-pyrrole nitrogens is 1. The number of imidazole rings is 1. The Morgan fingerprint density at radius 1 is 1.53 bits per heavy atom. The van der Waals surface area contributed by atoms with Gasteiger partial charge in [0.2, 0.25) is 5.82 Å². The molecule has 1 aromatic heterocycles. The number of esters is 1. The lowest BCUT2D eigenvalue weighted by atomic mass is 10.2. The van der Waals surface area contributed by atoms with Gasteiger partial charge in [-0.25, -0.2) is 14.2 Å². The predicted molar refractivity (Wildman–Crippen MR) is 60.3 cm³/mol. The number of aromatic amines is 1. The maximum absolute atomic E-state index is 13.0. The van der Waals surface area contributed by atoms with Crippen LogP contribution in [0, 0.1) is 5.82 Å². The van der Waals surface area contributed by atoms with Gasteiger partial charge in [-0.05, 0) is 18.2 Å². The Kier molecular flexibility index (Phi) is 3.10. The Hall–Kier alpha value is -1.88. The summed E-state index contributed by atoms with van der Waals surface area (Å²) in [5.41, 5.74) is 1.20. The van der Waals surface area contributed by atoms with Crippen molar-refractivity contribution in [2.24, 2.45) is 0 Å². The van der Waals surface area contributed by atoms with Gasteiger partial charge in [-0.15, -0.1) is 0 Å². The van der Waals surface area contributed by atoms with Crippen molar-refractivity contribution in [2.45, 2.75) is 0 Å². The zero-order valence-electron chi connectivity index (χ0n) is 8.83. The molecule has 1 N–H and O–H groups in total. The van der Waals surface area contributed by atoms with Crippen LogP contribution in [0.4, 0.5) is 4.39 Å². The molecule has 0 saturated heterocycles. The molecular weight excluding hydrogens is 247 g/mol. The fourth-order valence-corrected chi connectivity index (χ4v) is 1.51. The highest BCUT2D eigenvalue weighted by molar-refractivity contribution is 6.31. The zero-order valence-corrected chi connectivity index (χ0v) is 9.58. The number of nitrogens with zero attached hydrogens (tertiary/aromatic N) is 1. The monoisotopic (exact) mass is 254 g/mol. The van der Waals surface area contributed by atoms with Crippen molar-refractivity contribution in [3.8, 4) is 11.3 Å². The van der Waals surface area contributed by atoms with Gasteiger partial charge in [0.15, 0.2) is 0 Å². The minimum Gasteiger partial charge on any atom is -0.463 e. The van der Waals surface area contributed by atoms with Crippen LogP contribution in [0.25, 0.3) is 11.3 Å². The second-order valence-electron chi connectivity index (χ2n) is 3.27. The number of hydrogen-bond acceptors (Lipinski definition) is 3. The van der Waals surface area contributed by atoms with E-state index in [-0.39, 0.29) is 10.8 Å². The summed E-state index contributed by atoms with van der Waals surface area (Å²) in [6, 6.07) is 4.23. The molecule has 0 aliphatic heterocycles. The highest BCUT2D eigenvalue weighted by atomic mass is 35.5. The molecular formula is C11H8ClFN2O2. The molecule has 0 saturated carbocycles. The molecule has 0 spiro atoms. The van der Waals surface area contributed by atoms with Crippen LogP contribution in [0.5, 0.6) is 0 Å². The maximum Gasteiger partial charge on any atom is 0.374 e. The van der Waals surface area contributed by atoms with Crippen molar-refractivity contribution in [1.29, 1.82) is 0 Å². The molecule has 2 rings (SSSR count). The number of benzene rings is 1. The van der Waals surface area contributed by atoms with Crippen LogP contribution in [0.15, 0.2) is 24.4 Å². The van der Waals surface area contributed by atoms with Gasteiger partial charge < -0.3 is 9.72 Å². The molecule has 0 fully saturated rings. The van der Waals surface area contributed by atoms with Gasteiger partial charge in [-0.3, -0.25) is 0 Å². The third-order valence-corrected chi connectivity index (χ3v) is 2.47. The summed E-state index contributed by atoms with van der Waals surface area (Å²) in [7, 11) is 1.26. The van der Waals surface area contributed by atoms with Gasteiger partial charge in [0.05, 0.1) is 24.0 Å². The van der Waals surface area contributed by atoms with Crippen LogP contribution < -0.4 is 0 Å². The molecule has 0 aliphatic carbocycles. The van der Waals surface area contributed by atoms with Crippen LogP contribution >= 0.6 is 11.6 Å². The molecule has 0 unspecified atom stereocenters. The molecule has 17 heavy (non-hydrogen) atoms. The van der Waals surface area contributed by atoms with E-state index in [0.717, 1.165) is 0 Å². The van der Waals surface area contributed by atoms with E-state index in [1.54, 1.807) is 0 Å². The summed E-state index contributed by atoms with van der Waals surface area (Å²) < 4.78 is 17.5. The van der Waals surface area contributed by atoms with E-state index >= 15 is 0 Å². The van der Waals surface area contributed by atoms with Gasteiger partial charge in [0.1, 0.15) is 5.82 Å².